The number of ether oxygens (including phenoxy) is 12. The predicted octanol–water partition coefficient (Wildman–Crippen LogP) is -0.307. The van der Waals surface area contributed by atoms with E-state index in [9.17, 15) is 106 Å². The molecule has 6 aliphatic rings. The minimum atomic E-state index is -2.27. The van der Waals surface area contributed by atoms with Crippen molar-refractivity contribution < 1.29 is 163 Å². The first-order valence-electron chi connectivity index (χ1n) is 43.6. The number of amides is 3. The van der Waals surface area contributed by atoms with Crippen molar-refractivity contribution in [3.05, 3.63) is 24.3 Å². The van der Waals surface area contributed by atoms with Crippen LogP contribution in [0, 0.1) is 0 Å². The lowest BCUT2D eigenvalue weighted by Crippen LogP contribution is -2.71. The molecule has 0 aliphatic carbocycles. The molecule has 0 spiro atoms. The van der Waals surface area contributed by atoms with Crippen LogP contribution in [0.3, 0.4) is 0 Å². The molecule has 12 unspecified atom stereocenters. The fourth-order valence-corrected chi connectivity index (χ4v) is 15.9. The number of allylic oxidation sites excluding steroid dienone is 3. The quantitative estimate of drug-likeness (QED) is 0.0274. The van der Waals surface area contributed by atoms with Gasteiger partial charge < -0.3 is 165 Å². The molecule has 6 rings (SSSR count). The maximum Gasteiger partial charge on any atom is 0.220 e. The minimum absolute atomic E-state index is 0.177. The van der Waals surface area contributed by atoms with Gasteiger partial charge in [0.2, 0.25) is 17.7 Å². The summed E-state index contributed by atoms with van der Waals surface area (Å²) in [5, 5.41) is 209. The molecule has 6 aliphatic heterocycles. The first-order chi connectivity index (χ1) is 56.8. The molecule has 36 heteroatoms. The first-order valence-corrected chi connectivity index (χ1v) is 43.6. The topological polar surface area (TPSA) is 562 Å². The van der Waals surface area contributed by atoms with E-state index in [1.807, 2.05) is 6.08 Å². The lowest BCUT2D eigenvalue weighted by atomic mass is 9.94. The van der Waals surface area contributed by atoms with E-state index in [1.54, 1.807) is 6.08 Å². The Hall–Kier alpha value is -3.31. The van der Waals surface area contributed by atoms with Crippen LogP contribution in [-0.2, 0) is 71.2 Å². The lowest BCUT2D eigenvalue weighted by Gasteiger charge is -2.51. The number of aliphatic hydroxyl groups excluding tert-OH is 18. The number of carbonyl (C=O) groups excluding carboxylic acids is 3. The van der Waals surface area contributed by atoms with Crippen LogP contribution in [0.25, 0.3) is 0 Å². The number of hydrogen-bond donors (Lipinski definition) is 21. The third kappa shape index (κ3) is 32.6. The van der Waals surface area contributed by atoms with Gasteiger partial charge in [0.1, 0.15) is 146 Å². The number of rotatable bonds is 57. The Balaban J connectivity index is 1.05. The average molecular weight is 1700 g/mol. The second kappa shape index (κ2) is 56.6. The average Bonchev–Trinajstić information content (AvgIpc) is 0.769. The van der Waals surface area contributed by atoms with Crippen molar-refractivity contribution >= 4 is 17.7 Å². The Morgan fingerprint density at radius 1 is 0.331 bits per heavy atom. The van der Waals surface area contributed by atoms with E-state index in [2.05, 4.69) is 41.9 Å². The molecule has 32 atom stereocenters. The van der Waals surface area contributed by atoms with Crippen molar-refractivity contribution in [3.63, 3.8) is 0 Å². The molecule has 688 valence electrons. The Kier molecular flexibility index (Phi) is 49.6. The first kappa shape index (κ1) is 103. The van der Waals surface area contributed by atoms with Crippen LogP contribution in [-0.4, -0.2) is 352 Å². The van der Waals surface area contributed by atoms with Crippen molar-refractivity contribution in [2.75, 3.05) is 46.2 Å². The van der Waals surface area contributed by atoms with Gasteiger partial charge in [-0.25, -0.2) is 0 Å². The van der Waals surface area contributed by atoms with Crippen molar-refractivity contribution in [2.24, 2.45) is 0 Å². The molecule has 6 fully saturated rings. The van der Waals surface area contributed by atoms with E-state index in [1.165, 1.54) is 128 Å². The van der Waals surface area contributed by atoms with Gasteiger partial charge in [0.15, 0.2) is 37.7 Å². The third-order valence-electron chi connectivity index (χ3n) is 22.9. The summed E-state index contributed by atoms with van der Waals surface area (Å²) in [7, 11) is 0. The van der Waals surface area contributed by atoms with Crippen LogP contribution in [0.1, 0.15) is 233 Å². The van der Waals surface area contributed by atoms with Crippen LogP contribution < -0.4 is 16.0 Å². The van der Waals surface area contributed by atoms with Crippen LogP contribution in [0.2, 0.25) is 0 Å². The summed E-state index contributed by atoms with van der Waals surface area (Å²) in [5.41, 5.74) is 0. The Morgan fingerprint density at radius 2 is 0.644 bits per heavy atom. The van der Waals surface area contributed by atoms with Crippen LogP contribution in [0.15, 0.2) is 24.3 Å². The summed E-state index contributed by atoms with van der Waals surface area (Å²) < 4.78 is 70.9. The van der Waals surface area contributed by atoms with Gasteiger partial charge in [-0.1, -0.05) is 192 Å². The number of hydrogen-bond acceptors (Lipinski definition) is 33. The van der Waals surface area contributed by atoms with Gasteiger partial charge >= 0.3 is 0 Å². The van der Waals surface area contributed by atoms with Gasteiger partial charge in [-0.05, 0) is 44.9 Å². The molecule has 0 aromatic rings. The predicted molar refractivity (Wildman–Crippen MR) is 421 cm³/mol. The molecule has 21 N–H and O–H groups in total. The van der Waals surface area contributed by atoms with Gasteiger partial charge in [-0.15, -0.1) is 0 Å². The fraction of sp³-hybridized carbons (Fsp3) is 0.915. The van der Waals surface area contributed by atoms with Crippen molar-refractivity contribution in [1.82, 2.24) is 16.0 Å². The third-order valence-corrected chi connectivity index (χ3v) is 22.9. The van der Waals surface area contributed by atoms with Crippen LogP contribution in [0.5, 0.6) is 0 Å². The zero-order valence-electron chi connectivity index (χ0n) is 69.5. The van der Waals surface area contributed by atoms with Crippen LogP contribution in [0.4, 0.5) is 0 Å². The molecule has 6 heterocycles. The summed E-state index contributed by atoms with van der Waals surface area (Å²) in [6, 6.07) is -4.52. The molecular formula is C82H147N3O33. The zero-order valence-corrected chi connectivity index (χ0v) is 69.5. The molecule has 0 saturated carbocycles. The Morgan fingerprint density at radius 3 is 1.06 bits per heavy atom. The molecule has 0 aromatic heterocycles. The van der Waals surface area contributed by atoms with Crippen molar-refractivity contribution in [3.8, 4) is 0 Å². The van der Waals surface area contributed by atoms with Crippen molar-refractivity contribution in [2.45, 2.75) is 429 Å². The highest BCUT2D eigenvalue weighted by Gasteiger charge is 2.59. The molecular weight excluding hydrogens is 1550 g/mol. The van der Waals surface area contributed by atoms with E-state index in [4.69, 9.17) is 56.8 Å². The van der Waals surface area contributed by atoms with E-state index < -0.39 is 254 Å². The van der Waals surface area contributed by atoms with E-state index in [0.717, 1.165) is 71.6 Å². The molecule has 118 heavy (non-hydrogen) atoms. The van der Waals surface area contributed by atoms with Gasteiger partial charge in [0.05, 0.1) is 58.4 Å². The zero-order chi connectivity index (χ0) is 86.2. The molecule has 36 nitrogen and oxygen atoms in total. The van der Waals surface area contributed by atoms with E-state index in [-0.39, 0.29) is 12.3 Å². The largest absolute Gasteiger partial charge is 0.394 e. The molecule has 6 saturated heterocycles. The second-order valence-corrected chi connectivity index (χ2v) is 32.4. The summed E-state index contributed by atoms with van der Waals surface area (Å²) >= 11 is 0. The highest BCUT2D eigenvalue weighted by molar-refractivity contribution is 5.76. The highest BCUT2D eigenvalue weighted by atomic mass is 16.8. The maximum atomic E-state index is 13.6. The number of aliphatic hydroxyl groups is 18. The minimum Gasteiger partial charge on any atom is -0.394 e. The van der Waals surface area contributed by atoms with Gasteiger partial charge in [0.25, 0.3) is 0 Å². The number of nitrogens with one attached hydrogen (secondary N) is 3. The standard InChI is InChI=1S/C82H147N3O33/c1-5-7-9-11-13-15-17-19-20-21-22-23-24-25-26-28-30-32-34-36-38-40-58(95)85-50(51(94)39-37-35-33-31-29-27-18-16-14-12-10-8-6-2)47-107-79-68(103)66(101)72(56(45-90)112-79)114-80-69(104)67(102)73(57(46-91)113-80)115-81-70(105)76(64(99)54(43-88)110-81)118-78-60(84-49(4)93)74(62(97)53(42-87)109-78)116-82-71(106)75(63(98)55(44-89)111-82)117-77-59(83-48(3)92)65(100)61(96)52(41-86)108-77/h19-20,37,39,50-57,59-82,86-91,94,96-106H,5-18,21-36,38,40-47H2,1-4H3,(H,83,92)(H,84,93)(H,85,95)/b20-19-,39-37+/t50-,51+,52?,53?,54?,55?,56?,57?,59?,60?,61-,62-,63-,64-,65+,66+,67+,68?,69?,70?,71?,72+,73-,74+,75-,76-,77+,78-,79+,80-,81-,82-/m0/s1. The van der Waals surface area contributed by atoms with Crippen molar-refractivity contribution in [1.29, 1.82) is 0 Å². The molecule has 0 radical (unpaired) electrons. The van der Waals surface area contributed by atoms with Crippen LogP contribution >= 0.6 is 0 Å². The SMILES string of the molecule is CCCCCCCC/C=C\CCCCCCCCCCCCCC(=O)N[C@@H](CO[C@@H]1OC(CO)[C@@H](O[C@@H]2OC(CO)[C@H](O[C@@H]3OC(CO)[C@H](O)[C@H](O[C@@H]4OC(CO)[C@H](O)[C@H](O[C@@H]5OC(CO)[C@H](O)[C@H](O[C@H]6OC(CO)[C@H](O)[C@H](O)C6NC(C)=O)C5O)C4NC(C)=O)C3O)[C@H](O)C2O)[C@H](O)C1O)[C@H](O)/C=C/CCCCCCCCCCCCC. The van der Waals surface area contributed by atoms with E-state index >= 15 is 0 Å². The number of unbranched alkanes of at least 4 members (excludes halogenated alkanes) is 28. The fourth-order valence-electron chi connectivity index (χ4n) is 15.9. The normalized spacial score (nSPS) is 36.0. The van der Waals surface area contributed by atoms with Gasteiger partial charge in [-0.2, -0.15) is 0 Å². The molecule has 3 amide bonds. The lowest BCUT2D eigenvalue weighted by molar-refractivity contribution is -0.390. The summed E-state index contributed by atoms with van der Waals surface area (Å²) in [5.74, 6) is -1.99. The maximum absolute atomic E-state index is 13.6. The summed E-state index contributed by atoms with van der Waals surface area (Å²) in [4.78, 5) is 38.8. The van der Waals surface area contributed by atoms with Gasteiger partial charge in [0, 0.05) is 20.3 Å². The molecule has 0 aromatic carbocycles. The number of carbonyl (C=O) groups is 3. The Labute approximate surface area is 694 Å². The summed E-state index contributed by atoms with van der Waals surface area (Å²) in [6.07, 6.45) is -11.5. The highest BCUT2D eigenvalue weighted by Crippen LogP contribution is 2.38. The second-order valence-electron chi connectivity index (χ2n) is 32.4. The Bertz CT molecular complexity index is 2760. The molecule has 0 bridgehead atoms. The smallest absolute Gasteiger partial charge is 0.220 e. The van der Waals surface area contributed by atoms with E-state index in [0.29, 0.717) is 12.8 Å². The monoisotopic (exact) mass is 1700 g/mol. The summed E-state index contributed by atoms with van der Waals surface area (Å²) in [6.45, 7) is 0.0719. The van der Waals surface area contributed by atoms with Gasteiger partial charge in [-0.3, -0.25) is 14.4 Å².